The molecule has 3 heteroatoms. The highest BCUT2D eigenvalue weighted by atomic mass is 17.2. The van der Waals surface area contributed by atoms with E-state index in [0.717, 1.165) is 19.3 Å². The third-order valence-corrected chi connectivity index (χ3v) is 10.5. The molecule has 0 radical (unpaired) electrons. The van der Waals surface area contributed by atoms with E-state index in [-0.39, 0.29) is 16.9 Å². The summed E-state index contributed by atoms with van der Waals surface area (Å²) in [5.41, 5.74) is 0.656. The Morgan fingerprint density at radius 1 is 1.03 bits per heavy atom. The van der Waals surface area contributed by atoms with E-state index in [1.165, 1.54) is 18.4 Å². The van der Waals surface area contributed by atoms with E-state index < -0.39 is 11.2 Å². The molecular formula is C28H42O3. The first kappa shape index (κ1) is 21.9. The zero-order valence-electron chi connectivity index (χ0n) is 20.4. The summed E-state index contributed by atoms with van der Waals surface area (Å²) < 4.78 is 0. The van der Waals surface area contributed by atoms with Crippen LogP contribution < -0.4 is 0 Å². The van der Waals surface area contributed by atoms with Gasteiger partial charge < -0.3 is 5.11 Å². The van der Waals surface area contributed by atoms with Crippen LogP contribution in [0.15, 0.2) is 36.0 Å². The number of hydrogen-bond acceptors (Lipinski definition) is 3. The minimum absolute atomic E-state index is 0.0726. The Hall–Kier alpha value is -0.900. The van der Waals surface area contributed by atoms with E-state index in [9.17, 15) is 5.11 Å². The third-order valence-electron chi connectivity index (χ3n) is 10.5. The molecule has 9 atom stereocenters. The minimum Gasteiger partial charge on any atom is -0.393 e. The SMILES string of the molecule is CC(C)[C@@H](C)/C=C/[C@@H](C)[C@H]1CC[C@H]2[C@]1(C)CC=C1[C@]23C=C[C@]2(C[C@@H](O)CC[C@]12C)OO3. The topological polar surface area (TPSA) is 38.7 Å². The summed E-state index contributed by atoms with van der Waals surface area (Å²) in [6.07, 6.45) is 17.8. The standard InChI is InChI=1S/C28H42O3/c1-18(2)19(3)7-8-20(4)22-9-10-23-25(22,5)13-12-24-26(6)14-11-21(29)17-27(26)15-16-28(23,24)31-30-27/h7-8,12,15-16,18-23,29H,9-11,13-14,17H2,1-6H3/b8-7+/t19-,20+,21-,22+,23-,25+,26+,27+,28-/m0/s1. The van der Waals surface area contributed by atoms with Crippen LogP contribution >= 0.6 is 0 Å². The van der Waals surface area contributed by atoms with E-state index in [1.807, 2.05) is 0 Å². The van der Waals surface area contributed by atoms with Gasteiger partial charge in [-0.15, -0.1) is 0 Å². The van der Waals surface area contributed by atoms with Crippen LogP contribution in [-0.2, 0) is 9.78 Å². The van der Waals surface area contributed by atoms with Crippen LogP contribution in [0.2, 0.25) is 0 Å². The second-order valence-corrected chi connectivity index (χ2v) is 12.3. The molecule has 172 valence electrons. The van der Waals surface area contributed by atoms with Gasteiger partial charge >= 0.3 is 0 Å². The first-order valence-corrected chi connectivity index (χ1v) is 12.7. The summed E-state index contributed by atoms with van der Waals surface area (Å²) in [6.45, 7) is 14.2. The number of hydrogen-bond donors (Lipinski definition) is 1. The van der Waals surface area contributed by atoms with Crippen molar-refractivity contribution in [2.75, 3.05) is 0 Å². The van der Waals surface area contributed by atoms with E-state index in [1.54, 1.807) is 0 Å². The van der Waals surface area contributed by atoms with Gasteiger partial charge in [-0.25, -0.2) is 9.78 Å². The highest BCUT2D eigenvalue weighted by Crippen LogP contribution is 2.71. The largest absolute Gasteiger partial charge is 0.393 e. The Kier molecular flexibility index (Phi) is 4.98. The highest BCUT2D eigenvalue weighted by molar-refractivity contribution is 5.48. The van der Waals surface area contributed by atoms with Crippen LogP contribution in [0.4, 0.5) is 0 Å². The number of aliphatic hydroxyl groups excluding tert-OH is 1. The predicted molar refractivity (Wildman–Crippen MR) is 124 cm³/mol. The average molecular weight is 427 g/mol. The Morgan fingerprint density at radius 3 is 2.48 bits per heavy atom. The molecule has 2 spiro atoms. The van der Waals surface area contributed by atoms with E-state index >= 15 is 0 Å². The number of rotatable bonds is 4. The van der Waals surface area contributed by atoms with Crippen LogP contribution in [0.1, 0.15) is 80.1 Å². The Bertz CT molecular complexity index is 826. The van der Waals surface area contributed by atoms with Gasteiger partial charge in [-0.3, -0.25) is 0 Å². The number of allylic oxidation sites excluding steroid dienone is 3. The van der Waals surface area contributed by atoms with Crippen LogP contribution in [-0.4, -0.2) is 22.4 Å². The van der Waals surface area contributed by atoms with Gasteiger partial charge in [-0.05, 0) is 78.9 Å². The van der Waals surface area contributed by atoms with Gasteiger partial charge in [0.25, 0.3) is 0 Å². The quantitative estimate of drug-likeness (QED) is 0.418. The first-order valence-electron chi connectivity index (χ1n) is 12.7. The average Bonchev–Trinajstić information content (AvgIpc) is 3.09. The van der Waals surface area contributed by atoms with Crippen molar-refractivity contribution in [2.24, 2.45) is 40.4 Å². The van der Waals surface area contributed by atoms with Gasteiger partial charge in [0.15, 0.2) is 0 Å². The molecule has 0 aromatic heterocycles. The molecule has 0 amide bonds. The summed E-state index contributed by atoms with van der Waals surface area (Å²) in [5, 5.41) is 10.4. The normalized spacial score (nSPS) is 50.2. The van der Waals surface area contributed by atoms with E-state index in [4.69, 9.17) is 9.78 Å². The summed E-state index contributed by atoms with van der Waals surface area (Å²) in [7, 11) is 0. The lowest BCUT2D eigenvalue weighted by Gasteiger charge is -2.66. The lowest BCUT2D eigenvalue weighted by Crippen LogP contribution is -2.69. The maximum Gasteiger partial charge on any atom is 0.147 e. The van der Waals surface area contributed by atoms with Crippen LogP contribution in [0.3, 0.4) is 0 Å². The molecule has 0 unspecified atom stereocenters. The molecule has 2 heterocycles. The maximum atomic E-state index is 10.4. The fourth-order valence-electron chi connectivity index (χ4n) is 8.01. The zero-order chi connectivity index (χ0) is 22.2. The van der Waals surface area contributed by atoms with Crippen molar-refractivity contribution in [3.05, 3.63) is 36.0 Å². The van der Waals surface area contributed by atoms with Gasteiger partial charge in [0.05, 0.1) is 6.10 Å². The zero-order valence-corrected chi connectivity index (χ0v) is 20.4. The smallest absolute Gasteiger partial charge is 0.147 e. The molecule has 1 N–H and O–H groups in total. The molecule has 2 saturated carbocycles. The van der Waals surface area contributed by atoms with Crippen molar-refractivity contribution >= 4 is 0 Å². The molecule has 4 aliphatic carbocycles. The van der Waals surface area contributed by atoms with Crippen molar-refractivity contribution in [3.8, 4) is 0 Å². The van der Waals surface area contributed by atoms with Crippen molar-refractivity contribution in [1.82, 2.24) is 0 Å². The summed E-state index contributed by atoms with van der Waals surface area (Å²) in [5.74, 6) is 2.98. The molecule has 0 aromatic rings. The Labute approximate surface area is 188 Å². The number of aliphatic hydroxyl groups is 1. The van der Waals surface area contributed by atoms with E-state index in [2.05, 4.69) is 71.9 Å². The molecule has 2 bridgehead atoms. The van der Waals surface area contributed by atoms with Gasteiger partial charge in [0.2, 0.25) is 0 Å². The highest BCUT2D eigenvalue weighted by Gasteiger charge is 2.71. The summed E-state index contributed by atoms with van der Waals surface area (Å²) in [6, 6.07) is 0. The van der Waals surface area contributed by atoms with Crippen LogP contribution in [0, 0.1) is 40.4 Å². The first-order chi connectivity index (χ1) is 14.6. The van der Waals surface area contributed by atoms with Crippen LogP contribution in [0.25, 0.3) is 0 Å². The molecular weight excluding hydrogens is 384 g/mol. The minimum atomic E-state index is -0.507. The molecule has 31 heavy (non-hydrogen) atoms. The van der Waals surface area contributed by atoms with Crippen molar-refractivity contribution < 1.29 is 14.9 Å². The monoisotopic (exact) mass is 426 g/mol. The molecule has 3 nitrogen and oxygen atoms in total. The van der Waals surface area contributed by atoms with Gasteiger partial charge in [0.1, 0.15) is 11.2 Å². The molecule has 2 aliphatic heterocycles. The van der Waals surface area contributed by atoms with Gasteiger partial charge in [-0.2, -0.15) is 0 Å². The molecule has 3 fully saturated rings. The van der Waals surface area contributed by atoms with Crippen molar-refractivity contribution in [1.29, 1.82) is 0 Å². The second-order valence-electron chi connectivity index (χ2n) is 12.3. The third kappa shape index (κ3) is 2.82. The summed E-state index contributed by atoms with van der Waals surface area (Å²) >= 11 is 0. The van der Waals surface area contributed by atoms with Gasteiger partial charge in [-0.1, -0.05) is 59.8 Å². The molecule has 1 saturated heterocycles. The molecule has 6 rings (SSSR count). The Morgan fingerprint density at radius 2 is 1.81 bits per heavy atom. The van der Waals surface area contributed by atoms with Crippen molar-refractivity contribution in [2.45, 2.75) is 97.4 Å². The Balaban J connectivity index is 1.48. The fourth-order valence-corrected chi connectivity index (χ4v) is 8.01. The van der Waals surface area contributed by atoms with Crippen LogP contribution in [0.5, 0.6) is 0 Å². The van der Waals surface area contributed by atoms with Crippen molar-refractivity contribution in [3.63, 3.8) is 0 Å². The molecule has 6 aliphatic rings. The van der Waals surface area contributed by atoms with E-state index in [0.29, 0.717) is 36.0 Å². The number of fused-ring (bicyclic) bond motifs is 2. The maximum absolute atomic E-state index is 10.4. The lowest BCUT2D eigenvalue weighted by atomic mass is 9.47. The summed E-state index contributed by atoms with van der Waals surface area (Å²) in [4.78, 5) is 12.6. The molecule has 0 aromatic carbocycles. The van der Waals surface area contributed by atoms with Gasteiger partial charge in [0, 0.05) is 17.8 Å². The second kappa shape index (κ2) is 7.05. The predicted octanol–water partition coefficient (Wildman–Crippen LogP) is 6.39. The lowest BCUT2D eigenvalue weighted by molar-refractivity contribution is -0.455. The fraction of sp³-hybridized carbons (Fsp3) is 0.786.